The Hall–Kier alpha value is -2.70. The first-order chi connectivity index (χ1) is 17.2. The van der Waals surface area contributed by atoms with E-state index in [1.807, 2.05) is 20.8 Å². The van der Waals surface area contributed by atoms with Crippen LogP contribution in [0.2, 0.25) is 0 Å². The second kappa shape index (κ2) is 11.4. The molecule has 2 aliphatic rings. The molecule has 206 valence electrons. The molecule has 1 atom stereocenters. The highest BCUT2D eigenvalue weighted by Crippen LogP contribution is 2.35. The summed E-state index contributed by atoms with van der Waals surface area (Å²) in [6.07, 6.45) is -0.808. The number of aliphatic imine (C=N–C) groups is 1. The van der Waals surface area contributed by atoms with E-state index in [4.69, 9.17) is 5.73 Å². The van der Waals surface area contributed by atoms with E-state index >= 15 is 0 Å². The van der Waals surface area contributed by atoms with Crippen molar-refractivity contribution in [1.29, 1.82) is 0 Å². The van der Waals surface area contributed by atoms with E-state index in [9.17, 15) is 30.8 Å². The molecule has 3 rings (SSSR count). The van der Waals surface area contributed by atoms with Crippen LogP contribution in [0.15, 0.2) is 22.8 Å². The minimum atomic E-state index is -3.17. The molecule has 0 radical (unpaired) electrons. The highest BCUT2D eigenvalue weighted by atomic mass is 32.2. The predicted molar refractivity (Wildman–Crippen MR) is 131 cm³/mol. The number of sulfone groups is 1. The van der Waals surface area contributed by atoms with E-state index < -0.39 is 45.8 Å². The number of nitrogens with one attached hydrogen (secondary N) is 1. The van der Waals surface area contributed by atoms with Crippen molar-refractivity contribution in [3.8, 4) is 5.75 Å². The first-order valence-electron chi connectivity index (χ1n) is 12.0. The fourth-order valence-corrected chi connectivity index (χ4v) is 6.29. The van der Waals surface area contributed by atoms with Crippen molar-refractivity contribution in [2.75, 3.05) is 11.5 Å². The molecule has 1 aromatic rings. The van der Waals surface area contributed by atoms with Crippen LogP contribution in [0.3, 0.4) is 0 Å². The maximum atomic E-state index is 13.7. The standard InChI is InChI=1S/C24H32F4N4O4S/c1-13(2)31-18-10-14(22(33)32-24(3)6-8-37(34,35)9-7-24)4-5-16(18)19(29)17-11-15(36-23(27)28)12-30-20(17)21(25)26/h11-14,21,23H,4-10,29H2,1-3H3,(H,32,33)/b19-16-,31-18?/t14-/m1/s1. The van der Waals surface area contributed by atoms with Gasteiger partial charge >= 0.3 is 6.61 Å². The number of hydrogen-bond donors (Lipinski definition) is 2. The Morgan fingerprint density at radius 2 is 1.89 bits per heavy atom. The van der Waals surface area contributed by atoms with E-state index in [1.165, 1.54) is 0 Å². The molecule has 0 spiro atoms. The van der Waals surface area contributed by atoms with Crippen LogP contribution in [0.4, 0.5) is 17.6 Å². The quantitative estimate of drug-likeness (QED) is 0.496. The summed E-state index contributed by atoms with van der Waals surface area (Å²) in [7, 11) is -3.10. The lowest BCUT2D eigenvalue weighted by Crippen LogP contribution is -2.53. The van der Waals surface area contributed by atoms with E-state index in [1.54, 1.807) is 0 Å². The van der Waals surface area contributed by atoms with Gasteiger partial charge in [0.25, 0.3) is 6.43 Å². The number of allylic oxidation sites excluding steroid dienone is 1. The number of rotatable bonds is 7. The van der Waals surface area contributed by atoms with Gasteiger partial charge in [-0.05, 0) is 58.1 Å². The monoisotopic (exact) mass is 548 g/mol. The molecule has 0 unspecified atom stereocenters. The number of amides is 1. The number of hydrogen-bond acceptors (Lipinski definition) is 7. The van der Waals surface area contributed by atoms with Crippen LogP contribution < -0.4 is 15.8 Å². The molecule has 1 amide bonds. The highest BCUT2D eigenvalue weighted by Gasteiger charge is 2.37. The van der Waals surface area contributed by atoms with Crippen LogP contribution in [0.5, 0.6) is 5.75 Å². The van der Waals surface area contributed by atoms with Crippen LogP contribution in [-0.2, 0) is 14.6 Å². The molecule has 2 heterocycles. The fraction of sp³-hybridized carbons (Fsp3) is 0.625. The smallest absolute Gasteiger partial charge is 0.387 e. The molecular formula is C24H32F4N4O4S. The number of ether oxygens (including phenoxy) is 1. The third-order valence-electron chi connectivity index (χ3n) is 6.61. The van der Waals surface area contributed by atoms with Crippen molar-refractivity contribution < 1.29 is 35.5 Å². The van der Waals surface area contributed by atoms with Crippen LogP contribution in [-0.4, -0.2) is 54.7 Å². The normalized spacial score (nSPS) is 23.9. The minimum absolute atomic E-state index is 0.00671. The molecule has 37 heavy (non-hydrogen) atoms. The van der Waals surface area contributed by atoms with Crippen molar-refractivity contribution in [1.82, 2.24) is 10.3 Å². The van der Waals surface area contributed by atoms with Crippen molar-refractivity contribution in [2.45, 2.75) is 77.5 Å². The van der Waals surface area contributed by atoms with Crippen molar-refractivity contribution in [2.24, 2.45) is 16.6 Å². The second-order valence-corrected chi connectivity index (χ2v) is 12.3. The van der Waals surface area contributed by atoms with Gasteiger partial charge in [0.05, 0.1) is 17.7 Å². The topological polar surface area (TPSA) is 124 Å². The number of halogens is 4. The van der Waals surface area contributed by atoms with Crippen molar-refractivity contribution in [3.05, 3.63) is 29.1 Å². The maximum absolute atomic E-state index is 13.7. The average Bonchev–Trinajstić information content (AvgIpc) is 2.80. The number of alkyl halides is 4. The molecule has 0 aromatic carbocycles. The van der Waals surface area contributed by atoms with Crippen LogP contribution in [0.25, 0.3) is 5.70 Å². The molecular weight excluding hydrogens is 516 g/mol. The number of nitrogens with zero attached hydrogens (tertiary/aromatic N) is 2. The lowest BCUT2D eigenvalue weighted by atomic mass is 9.81. The van der Waals surface area contributed by atoms with Gasteiger partial charge in [0, 0.05) is 40.9 Å². The number of aromatic nitrogens is 1. The van der Waals surface area contributed by atoms with Gasteiger partial charge in [0.1, 0.15) is 21.3 Å². The zero-order chi connectivity index (χ0) is 27.5. The molecule has 2 fully saturated rings. The van der Waals surface area contributed by atoms with Gasteiger partial charge in [0.15, 0.2) is 0 Å². The summed E-state index contributed by atoms with van der Waals surface area (Å²) in [5.74, 6) is -1.11. The molecule has 1 saturated carbocycles. The molecule has 1 aliphatic carbocycles. The Kier molecular flexibility index (Phi) is 8.86. The van der Waals surface area contributed by atoms with Gasteiger partial charge in [0.2, 0.25) is 5.91 Å². The number of carbonyl (C=O) groups is 1. The Labute approximate surface area is 213 Å². The first kappa shape index (κ1) is 28.9. The Bertz CT molecular complexity index is 1170. The van der Waals surface area contributed by atoms with Crippen molar-refractivity contribution >= 4 is 27.2 Å². The van der Waals surface area contributed by atoms with Crippen molar-refractivity contribution in [3.63, 3.8) is 0 Å². The molecule has 8 nitrogen and oxygen atoms in total. The summed E-state index contributed by atoms with van der Waals surface area (Å²) in [5.41, 5.74) is 5.62. The largest absolute Gasteiger partial charge is 0.433 e. The van der Waals surface area contributed by atoms with E-state index in [-0.39, 0.29) is 47.6 Å². The molecule has 3 N–H and O–H groups in total. The van der Waals surface area contributed by atoms with Gasteiger partial charge < -0.3 is 15.8 Å². The number of nitrogens with two attached hydrogens (primary N) is 1. The third kappa shape index (κ3) is 7.42. The Balaban J connectivity index is 1.89. The average molecular weight is 549 g/mol. The SMILES string of the molecule is CC(C)N=C1C[C@H](C(=O)NC2(C)CCS(=O)(=O)CC2)CC/C1=C(/N)c1cc(OC(F)F)cnc1C(F)F. The Morgan fingerprint density at radius 1 is 1.24 bits per heavy atom. The van der Waals surface area contributed by atoms with E-state index in [0.29, 0.717) is 30.5 Å². The molecule has 1 aliphatic heterocycles. The molecule has 13 heteroatoms. The lowest BCUT2D eigenvalue weighted by Gasteiger charge is -2.36. The first-order valence-corrected chi connectivity index (χ1v) is 13.8. The lowest BCUT2D eigenvalue weighted by molar-refractivity contribution is -0.127. The second-order valence-electron chi connectivity index (χ2n) is 9.99. The van der Waals surface area contributed by atoms with Crippen LogP contribution >= 0.6 is 0 Å². The summed E-state index contributed by atoms with van der Waals surface area (Å²) in [4.78, 5) is 21.3. The zero-order valence-electron chi connectivity index (χ0n) is 20.9. The van der Waals surface area contributed by atoms with Gasteiger partial charge in [-0.2, -0.15) is 8.78 Å². The summed E-state index contributed by atoms with van der Waals surface area (Å²) < 4.78 is 80.6. The molecule has 1 saturated heterocycles. The molecule has 0 bridgehead atoms. The zero-order valence-corrected chi connectivity index (χ0v) is 21.8. The molecule has 1 aromatic heterocycles. The van der Waals surface area contributed by atoms with Gasteiger partial charge in [-0.3, -0.25) is 14.8 Å². The van der Waals surface area contributed by atoms with Crippen LogP contribution in [0.1, 0.15) is 70.6 Å². The summed E-state index contributed by atoms with van der Waals surface area (Å²) in [6.45, 7) is 2.29. The maximum Gasteiger partial charge on any atom is 0.387 e. The number of carbonyl (C=O) groups excluding carboxylic acids is 1. The number of pyridine rings is 1. The van der Waals surface area contributed by atoms with Gasteiger partial charge in [-0.1, -0.05) is 0 Å². The predicted octanol–water partition coefficient (Wildman–Crippen LogP) is 4.02. The highest BCUT2D eigenvalue weighted by molar-refractivity contribution is 7.91. The Morgan fingerprint density at radius 3 is 2.46 bits per heavy atom. The summed E-state index contributed by atoms with van der Waals surface area (Å²) in [6, 6.07) is 0.814. The van der Waals surface area contributed by atoms with E-state index in [0.717, 1.165) is 12.3 Å². The van der Waals surface area contributed by atoms with E-state index in [2.05, 4.69) is 20.0 Å². The summed E-state index contributed by atoms with van der Waals surface area (Å²) in [5, 5.41) is 3.00. The minimum Gasteiger partial charge on any atom is -0.433 e. The van der Waals surface area contributed by atoms with Gasteiger partial charge in [-0.15, -0.1) is 0 Å². The fourth-order valence-electron chi connectivity index (χ4n) is 4.57. The van der Waals surface area contributed by atoms with Crippen LogP contribution in [0, 0.1) is 5.92 Å². The summed E-state index contributed by atoms with van der Waals surface area (Å²) >= 11 is 0. The third-order valence-corrected chi connectivity index (χ3v) is 8.26. The van der Waals surface area contributed by atoms with Gasteiger partial charge in [-0.25, -0.2) is 17.2 Å².